The summed E-state index contributed by atoms with van der Waals surface area (Å²) in [5, 5.41) is 29.4. The number of hydrogen-bond donors (Lipinski definition) is 3. The molecular formula is C13H14O4. The summed E-state index contributed by atoms with van der Waals surface area (Å²) in [6, 6.07) is 4.32. The topological polar surface area (TPSA) is 69.9 Å². The molecular weight excluding hydrogens is 220 g/mol. The van der Waals surface area contributed by atoms with E-state index < -0.39 is 11.9 Å². The predicted octanol–water partition coefficient (Wildman–Crippen LogP) is 1.64. The lowest BCUT2D eigenvalue weighted by atomic mass is 10.0. The van der Waals surface area contributed by atoms with Gasteiger partial charge in [0, 0.05) is 5.56 Å². The lowest BCUT2D eigenvalue weighted by molar-refractivity contribution is -0.151. The van der Waals surface area contributed by atoms with Crippen LogP contribution in [-0.2, 0) is 0 Å². The van der Waals surface area contributed by atoms with Crippen LogP contribution in [0.25, 0.3) is 0 Å². The molecule has 0 saturated heterocycles. The van der Waals surface area contributed by atoms with Crippen molar-refractivity contribution in [2.75, 3.05) is 0 Å². The van der Waals surface area contributed by atoms with Crippen molar-refractivity contribution in [2.45, 2.75) is 18.8 Å². The Kier molecular flexibility index (Phi) is 2.92. The van der Waals surface area contributed by atoms with Gasteiger partial charge >= 0.3 is 0 Å². The molecule has 3 N–H and O–H groups in total. The van der Waals surface area contributed by atoms with Crippen LogP contribution in [0.3, 0.4) is 0 Å². The molecule has 2 unspecified atom stereocenters. The molecule has 0 amide bonds. The van der Waals surface area contributed by atoms with Crippen LogP contribution in [0, 0.1) is 0 Å². The van der Waals surface area contributed by atoms with Crippen molar-refractivity contribution in [3.63, 3.8) is 0 Å². The monoisotopic (exact) mass is 234 g/mol. The van der Waals surface area contributed by atoms with Gasteiger partial charge in [-0.3, -0.25) is 0 Å². The first-order chi connectivity index (χ1) is 8.07. The van der Waals surface area contributed by atoms with Crippen LogP contribution >= 0.6 is 0 Å². The lowest BCUT2D eigenvalue weighted by Gasteiger charge is -2.21. The minimum absolute atomic E-state index is 0.0214. The van der Waals surface area contributed by atoms with Gasteiger partial charge in [0.25, 0.3) is 5.79 Å². The van der Waals surface area contributed by atoms with E-state index >= 15 is 0 Å². The van der Waals surface area contributed by atoms with E-state index in [1.807, 2.05) is 6.92 Å². The molecule has 0 fully saturated rings. The van der Waals surface area contributed by atoms with E-state index in [9.17, 15) is 15.3 Å². The molecule has 1 heterocycles. The number of hydrogen-bond acceptors (Lipinski definition) is 4. The minimum Gasteiger partial charge on any atom is -0.508 e. The zero-order valence-corrected chi connectivity index (χ0v) is 9.37. The summed E-state index contributed by atoms with van der Waals surface area (Å²) in [7, 11) is 0. The van der Waals surface area contributed by atoms with Crippen molar-refractivity contribution in [2.24, 2.45) is 0 Å². The van der Waals surface area contributed by atoms with Gasteiger partial charge in [-0.25, -0.2) is 0 Å². The quantitative estimate of drug-likeness (QED) is 0.680. The fourth-order valence-corrected chi connectivity index (χ4v) is 1.73. The number of ether oxygens (including phenoxy) is 1. The standard InChI is InChI=1S/C13H14O4/c1-2-3-4-7-13(16)12(15)10-8-9(14)5-6-11(10)17-13/h2-8,12,14-16H,1H3/b3-2+,7-4+. The highest BCUT2D eigenvalue weighted by Gasteiger charge is 2.44. The number of phenols is 1. The number of rotatable bonds is 2. The van der Waals surface area contributed by atoms with Gasteiger partial charge in [-0.1, -0.05) is 18.2 Å². The van der Waals surface area contributed by atoms with Crippen LogP contribution in [0.4, 0.5) is 0 Å². The number of benzene rings is 1. The third-order valence-electron chi connectivity index (χ3n) is 2.59. The number of aromatic hydroxyl groups is 1. The van der Waals surface area contributed by atoms with E-state index in [2.05, 4.69) is 0 Å². The minimum atomic E-state index is -1.78. The van der Waals surface area contributed by atoms with Gasteiger partial charge in [-0.05, 0) is 31.2 Å². The van der Waals surface area contributed by atoms with Crippen LogP contribution in [0.15, 0.2) is 42.5 Å². The fraction of sp³-hybridized carbons (Fsp3) is 0.231. The maximum absolute atomic E-state index is 10.1. The highest BCUT2D eigenvalue weighted by atomic mass is 16.6. The molecule has 2 rings (SSSR count). The summed E-state index contributed by atoms with van der Waals surface area (Å²) in [5.41, 5.74) is 0.373. The molecule has 90 valence electrons. The molecule has 1 aliphatic heterocycles. The molecule has 4 heteroatoms. The van der Waals surface area contributed by atoms with E-state index in [0.29, 0.717) is 11.3 Å². The van der Waals surface area contributed by atoms with E-state index in [1.165, 1.54) is 24.3 Å². The molecule has 0 aliphatic carbocycles. The first kappa shape index (κ1) is 11.7. The molecule has 4 nitrogen and oxygen atoms in total. The van der Waals surface area contributed by atoms with Crippen molar-refractivity contribution in [1.82, 2.24) is 0 Å². The summed E-state index contributed by atoms with van der Waals surface area (Å²) in [6.45, 7) is 1.84. The molecule has 0 aromatic heterocycles. The number of aliphatic hydroxyl groups excluding tert-OH is 1. The lowest BCUT2D eigenvalue weighted by Crippen LogP contribution is -2.35. The van der Waals surface area contributed by atoms with Crippen molar-refractivity contribution < 1.29 is 20.1 Å². The fourth-order valence-electron chi connectivity index (χ4n) is 1.73. The van der Waals surface area contributed by atoms with E-state index in [0.717, 1.165) is 0 Å². The zero-order valence-electron chi connectivity index (χ0n) is 9.37. The SMILES string of the molecule is C/C=C/C=C/C1(O)Oc2ccc(O)cc2C1O. The summed E-state index contributed by atoms with van der Waals surface area (Å²) < 4.78 is 5.28. The molecule has 1 aromatic rings. The second-order valence-corrected chi connectivity index (χ2v) is 3.86. The number of allylic oxidation sites excluding steroid dienone is 3. The summed E-state index contributed by atoms with van der Waals surface area (Å²) >= 11 is 0. The van der Waals surface area contributed by atoms with Crippen LogP contribution in [0.2, 0.25) is 0 Å². The Morgan fingerprint density at radius 1 is 1.35 bits per heavy atom. The smallest absolute Gasteiger partial charge is 0.258 e. The van der Waals surface area contributed by atoms with E-state index in [-0.39, 0.29) is 5.75 Å². The van der Waals surface area contributed by atoms with Gasteiger partial charge in [0.05, 0.1) is 0 Å². The van der Waals surface area contributed by atoms with Gasteiger partial charge < -0.3 is 20.1 Å². The number of aliphatic hydroxyl groups is 2. The Hall–Kier alpha value is -1.78. The van der Waals surface area contributed by atoms with Gasteiger partial charge in [0.2, 0.25) is 0 Å². The van der Waals surface area contributed by atoms with Gasteiger partial charge in [-0.2, -0.15) is 0 Å². The van der Waals surface area contributed by atoms with Crippen LogP contribution in [0.5, 0.6) is 11.5 Å². The summed E-state index contributed by atoms with van der Waals surface area (Å²) in [5.74, 6) is -1.40. The third kappa shape index (κ3) is 2.05. The third-order valence-corrected chi connectivity index (χ3v) is 2.59. The Morgan fingerprint density at radius 3 is 2.82 bits per heavy atom. The number of phenolic OH excluding ortho intramolecular Hbond substituents is 1. The van der Waals surface area contributed by atoms with Gasteiger partial charge in [0.15, 0.2) is 6.10 Å². The maximum atomic E-state index is 10.1. The molecule has 2 atom stereocenters. The first-order valence-electron chi connectivity index (χ1n) is 5.30. The molecule has 0 saturated carbocycles. The summed E-state index contributed by atoms with van der Waals surface area (Å²) in [6.07, 6.45) is 5.25. The zero-order chi connectivity index (χ0) is 12.5. The van der Waals surface area contributed by atoms with Gasteiger partial charge in [-0.15, -0.1) is 0 Å². The largest absolute Gasteiger partial charge is 0.508 e. The van der Waals surface area contributed by atoms with Gasteiger partial charge in [0.1, 0.15) is 11.5 Å². The van der Waals surface area contributed by atoms with Crippen LogP contribution < -0.4 is 4.74 Å². The second-order valence-electron chi connectivity index (χ2n) is 3.86. The Morgan fingerprint density at radius 2 is 2.12 bits per heavy atom. The maximum Gasteiger partial charge on any atom is 0.258 e. The van der Waals surface area contributed by atoms with Crippen LogP contribution in [-0.4, -0.2) is 21.1 Å². The van der Waals surface area contributed by atoms with Crippen molar-refractivity contribution >= 4 is 0 Å². The van der Waals surface area contributed by atoms with Crippen molar-refractivity contribution in [3.05, 3.63) is 48.1 Å². The molecule has 17 heavy (non-hydrogen) atoms. The van der Waals surface area contributed by atoms with E-state index in [4.69, 9.17) is 4.74 Å². The van der Waals surface area contributed by atoms with Crippen LogP contribution in [0.1, 0.15) is 18.6 Å². The molecule has 0 bridgehead atoms. The number of fused-ring (bicyclic) bond motifs is 1. The Bertz CT molecular complexity index is 478. The Balaban J connectivity index is 2.32. The average molecular weight is 234 g/mol. The summed E-state index contributed by atoms with van der Waals surface area (Å²) in [4.78, 5) is 0. The molecule has 0 radical (unpaired) electrons. The Labute approximate surface area is 99.1 Å². The molecule has 0 spiro atoms. The molecule has 1 aliphatic rings. The van der Waals surface area contributed by atoms with Crippen molar-refractivity contribution in [1.29, 1.82) is 0 Å². The van der Waals surface area contributed by atoms with E-state index in [1.54, 1.807) is 18.2 Å². The normalized spacial score (nSPS) is 27.6. The predicted molar refractivity (Wildman–Crippen MR) is 62.6 cm³/mol. The first-order valence-corrected chi connectivity index (χ1v) is 5.30. The average Bonchev–Trinajstić information content (AvgIpc) is 2.53. The molecule has 1 aromatic carbocycles. The second kappa shape index (κ2) is 4.24. The highest BCUT2D eigenvalue weighted by Crippen LogP contribution is 2.43. The highest BCUT2D eigenvalue weighted by molar-refractivity contribution is 5.46. The van der Waals surface area contributed by atoms with Crippen molar-refractivity contribution in [3.8, 4) is 11.5 Å².